The molecular formula is C19H19NO5. The van der Waals surface area contributed by atoms with E-state index in [0.29, 0.717) is 5.56 Å². The summed E-state index contributed by atoms with van der Waals surface area (Å²) in [5, 5.41) is 27.2. The molecule has 0 aliphatic rings. The van der Waals surface area contributed by atoms with Crippen molar-refractivity contribution in [1.29, 1.82) is 0 Å². The molecule has 6 heteroatoms. The predicted octanol–water partition coefficient (Wildman–Crippen LogP) is 1.00. The molecule has 0 heterocycles. The van der Waals surface area contributed by atoms with Gasteiger partial charge < -0.3 is 14.9 Å². The molecule has 0 aliphatic heterocycles. The van der Waals surface area contributed by atoms with E-state index in [1.165, 1.54) is 5.48 Å². The lowest BCUT2D eigenvalue weighted by Crippen LogP contribution is -2.38. The molecule has 4 N–H and O–H groups in total. The molecular weight excluding hydrogens is 322 g/mol. The zero-order chi connectivity index (χ0) is 18.1. The van der Waals surface area contributed by atoms with Crippen molar-refractivity contribution >= 4 is 5.91 Å². The van der Waals surface area contributed by atoms with Crippen LogP contribution >= 0.6 is 0 Å². The first kappa shape index (κ1) is 18.6. The third-order valence-corrected chi connectivity index (χ3v) is 3.47. The van der Waals surface area contributed by atoms with Gasteiger partial charge in [-0.1, -0.05) is 42.2 Å². The van der Waals surface area contributed by atoms with E-state index in [0.717, 1.165) is 11.1 Å². The molecule has 2 aromatic carbocycles. The van der Waals surface area contributed by atoms with Crippen molar-refractivity contribution < 1.29 is 25.0 Å². The lowest BCUT2D eigenvalue weighted by Gasteiger charge is -2.21. The number of amides is 1. The van der Waals surface area contributed by atoms with E-state index in [2.05, 4.69) is 11.8 Å². The highest BCUT2D eigenvalue weighted by Gasteiger charge is 2.23. The minimum Gasteiger partial charge on any atom is -0.393 e. The Hall–Kier alpha value is -2.69. The molecule has 2 rings (SSSR count). The molecule has 2 atom stereocenters. The highest BCUT2D eigenvalue weighted by atomic mass is 16.5. The number of aliphatic hydroxyl groups is 2. The Morgan fingerprint density at radius 3 is 2.08 bits per heavy atom. The van der Waals surface area contributed by atoms with Gasteiger partial charge in [0.2, 0.25) is 0 Å². The quantitative estimate of drug-likeness (QED) is 0.357. The topological polar surface area (TPSA) is 99.0 Å². The average Bonchev–Trinajstić information content (AvgIpc) is 2.68. The third kappa shape index (κ3) is 5.41. The lowest BCUT2D eigenvalue weighted by atomic mass is 10.1. The Morgan fingerprint density at radius 2 is 1.56 bits per heavy atom. The summed E-state index contributed by atoms with van der Waals surface area (Å²) in [7, 11) is 0. The standard InChI is InChI=1S/C19H19NO5/c21-12-17(25-18(13-22)19(23)20-24)16-10-8-15(9-11-16)7-6-14-4-2-1-3-5-14/h1-5,8-11,17-18,21-22,24H,12-13H2,(H,20,23)/t17-,18-/m0/s1. The number of hydrogen-bond donors (Lipinski definition) is 4. The number of hydrogen-bond acceptors (Lipinski definition) is 5. The first-order valence-electron chi connectivity index (χ1n) is 7.66. The van der Waals surface area contributed by atoms with Gasteiger partial charge in [0, 0.05) is 11.1 Å². The Labute approximate surface area is 145 Å². The van der Waals surface area contributed by atoms with Gasteiger partial charge in [-0.05, 0) is 29.8 Å². The maximum absolute atomic E-state index is 11.4. The Bertz CT molecular complexity index is 734. The zero-order valence-electron chi connectivity index (χ0n) is 13.4. The van der Waals surface area contributed by atoms with Crippen LogP contribution < -0.4 is 5.48 Å². The fourth-order valence-electron chi connectivity index (χ4n) is 2.13. The van der Waals surface area contributed by atoms with Crippen molar-refractivity contribution in [2.45, 2.75) is 12.2 Å². The number of hydroxylamine groups is 1. The predicted molar refractivity (Wildman–Crippen MR) is 90.6 cm³/mol. The summed E-state index contributed by atoms with van der Waals surface area (Å²) >= 11 is 0. The number of nitrogens with one attached hydrogen (secondary N) is 1. The normalized spacial score (nSPS) is 12.6. The van der Waals surface area contributed by atoms with Crippen LogP contribution in [0.25, 0.3) is 0 Å². The van der Waals surface area contributed by atoms with Crippen molar-refractivity contribution in [3.63, 3.8) is 0 Å². The molecule has 0 spiro atoms. The molecule has 1 amide bonds. The van der Waals surface area contributed by atoms with Crippen molar-refractivity contribution in [2.75, 3.05) is 13.2 Å². The van der Waals surface area contributed by atoms with Gasteiger partial charge in [0.1, 0.15) is 6.10 Å². The second-order valence-electron chi connectivity index (χ2n) is 5.19. The van der Waals surface area contributed by atoms with E-state index >= 15 is 0 Å². The van der Waals surface area contributed by atoms with Crippen LogP contribution in [0.4, 0.5) is 0 Å². The molecule has 0 fully saturated rings. The van der Waals surface area contributed by atoms with Gasteiger partial charge in [0.15, 0.2) is 6.10 Å². The summed E-state index contributed by atoms with van der Waals surface area (Å²) in [6, 6.07) is 16.6. The van der Waals surface area contributed by atoms with E-state index in [4.69, 9.17) is 15.1 Å². The number of rotatable bonds is 6. The second kappa shape index (κ2) is 9.57. The first-order chi connectivity index (χ1) is 12.2. The third-order valence-electron chi connectivity index (χ3n) is 3.47. The van der Waals surface area contributed by atoms with Gasteiger partial charge in [-0.3, -0.25) is 10.0 Å². The molecule has 0 aliphatic carbocycles. The van der Waals surface area contributed by atoms with Crippen LogP contribution in [0.15, 0.2) is 54.6 Å². The molecule has 25 heavy (non-hydrogen) atoms. The molecule has 0 saturated carbocycles. The maximum Gasteiger partial charge on any atom is 0.274 e. The molecule has 130 valence electrons. The Balaban J connectivity index is 2.09. The Morgan fingerprint density at radius 1 is 0.960 bits per heavy atom. The number of ether oxygens (including phenoxy) is 1. The molecule has 0 radical (unpaired) electrons. The number of benzene rings is 2. The molecule has 0 bridgehead atoms. The van der Waals surface area contributed by atoms with Crippen LogP contribution in [-0.4, -0.2) is 40.6 Å². The SMILES string of the molecule is O=C(NO)[C@H](CO)O[C@@H](CO)c1ccc(C#Cc2ccccc2)cc1. The summed E-state index contributed by atoms with van der Waals surface area (Å²) < 4.78 is 5.35. The minimum atomic E-state index is -1.28. The van der Waals surface area contributed by atoms with E-state index in [9.17, 15) is 9.90 Å². The molecule has 0 unspecified atom stereocenters. The zero-order valence-corrected chi connectivity index (χ0v) is 13.4. The fraction of sp³-hybridized carbons (Fsp3) is 0.211. The smallest absolute Gasteiger partial charge is 0.274 e. The monoisotopic (exact) mass is 341 g/mol. The minimum absolute atomic E-state index is 0.385. The van der Waals surface area contributed by atoms with Crippen LogP contribution in [0, 0.1) is 11.8 Å². The number of carbonyl (C=O) groups excluding carboxylic acids is 1. The maximum atomic E-state index is 11.4. The van der Waals surface area contributed by atoms with Gasteiger partial charge in [-0.15, -0.1) is 0 Å². The van der Waals surface area contributed by atoms with Crippen molar-refractivity contribution in [1.82, 2.24) is 5.48 Å². The number of carbonyl (C=O) groups is 1. The lowest BCUT2D eigenvalue weighted by molar-refractivity contribution is -0.150. The Kier molecular flexibility index (Phi) is 7.14. The summed E-state index contributed by atoms with van der Waals surface area (Å²) in [6.45, 7) is -1.01. The summed E-state index contributed by atoms with van der Waals surface area (Å²) in [6.07, 6.45) is -2.09. The average molecular weight is 341 g/mol. The molecule has 0 saturated heterocycles. The van der Waals surface area contributed by atoms with Gasteiger partial charge in [0.05, 0.1) is 13.2 Å². The van der Waals surface area contributed by atoms with Gasteiger partial charge in [-0.25, -0.2) is 5.48 Å². The van der Waals surface area contributed by atoms with Gasteiger partial charge >= 0.3 is 0 Å². The molecule has 0 aromatic heterocycles. The van der Waals surface area contributed by atoms with Crippen LogP contribution in [0.3, 0.4) is 0 Å². The van der Waals surface area contributed by atoms with Crippen LogP contribution in [0.5, 0.6) is 0 Å². The van der Waals surface area contributed by atoms with E-state index in [1.54, 1.807) is 24.3 Å². The highest BCUT2D eigenvalue weighted by molar-refractivity contribution is 5.79. The van der Waals surface area contributed by atoms with Gasteiger partial charge in [-0.2, -0.15) is 0 Å². The van der Waals surface area contributed by atoms with Crippen LogP contribution in [0.2, 0.25) is 0 Å². The summed E-state index contributed by atoms with van der Waals surface area (Å²) in [5.74, 6) is 5.19. The van der Waals surface area contributed by atoms with E-state index in [1.807, 2.05) is 30.3 Å². The second-order valence-corrected chi connectivity index (χ2v) is 5.19. The highest BCUT2D eigenvalue weighted by Crippen LogP contribution is 2.19. The van der Waals surface area contributed by atoms with Crippen molar-refractivity contribution in [2.24, 2.45) is 0 Å². The largest absolute Gasteiger partial charge is 0.393 e. The first-order valence-corrected chi connectivity index (χ1v) is 7.66. The summed E-state index contributed by atoms with van der Waals surface area (Å²) in [4.78, 5) is 11.4. The van der Waals surface area contributed by atoms with Crippen LogP contribution in [-0.2, 0) is 9.53 Å². The van der Waals surface area contributed by atoms with E-state index in [-0.39, 0.29) is 6.61 Å². The van der Waals surface area contributed by atoms with E-state index < -0.39 is 24.7 Å². The summed E-state index contributed by atoms with van der Waals surface area (Å²) in [5.41, 5.74) is 3.73. The fourth-order valence-corrected chi connectivity index (χ4v) is 2.13. The van der Waals surface area contributed by atoms with Crippen molar-refractivity contribution in [3.05, 3.63) is 71.3 Å². The van der Waals surface area contributed by atoms with Crippen LogP contribution in [0.1, 0.15) is 22.8 Å². The molecule has 6 nitrogen and oxygen atoms in total. The number of aliphatic hydroxyl groups excluding tert-OH is 2. The van der Waals surface area contributed by atoms with Gasteiger partial charge in [0.25, 0.3) is 5.91 Å². The molecule has 2 aromatic rings. The van der Waals surface area contributed by atoms with Crippen molar-refractivity contribution in [3.8, 4) is 11.8 Å².